The van der Waals surface area contributed by atoms with E-state index in [2.05, 4.69) is 21.6 Å². The molecular formula is C21H25N5O3S3. The van der Waals surface area contributed by atoms with Crippen LogP contribution >= 0.6 is 23.1 Å². The van der Waals surface area contributed by atoms with Crippen molar-refractivity contribution in [2.75, 3.05) is 24.2 Å². The number of hydrogen-bond donors (Lipinski definition) is 1. The molecule has 1 aromatic carbocycles. The van der Waals surface area contributed by atoms with Gasteiger partial charge in [-0.3, -0.25) is 4.79 Å². The van der Waals surface area contributed by atoms with Gasteiger partial charge in [0, 0.05) is 37.1 Å². The molecule has 1 fully saturated rings. The summed E-state index contributed by atoms with van der Waals surface area (Å²) in [6.45, 7) is 1.13. The molecule has 1 N–H and O–H groups in total. The van der Waals surface area contributed by atoms with Crippen LogP contribution in [0.25, 0.3) is 0 Å². The fourth-order valence-corrected chi connectivity index (χ4v) is 6.43. The minimum absolute atomic E-state index is 0.179. The van der Waals surface area contributed by atoms with E-state index < -0.39 is 10.0 Å². The predicted octanol–water partition coefficient (Wildman–Crippen LogP) is 3.37. The Morgan fingerprint density at radius 3 is 2.56 bits per heavy atom. The zero-order chi connectivity index (χ0) is 22.6. The average Bonchev–Trinajstić information content (AvgIpc) is 3.44. The van der Waals surface area contributed by atoms with Crippen LogP contribution in [0, 0.1) is 0 Å². The number of nitrogens with zero attached hydrogens (tertiary/aromatic N) is 4. The molecule has 0 unspecified atom stereocenters. The highest BCUT2D eigenvalue weighted by Gasteiger charge is 2.25. The number of benzene rings is 1. The Balaban J connectivity index is 1.31. The summed E-state index contributed by atoms with van der Waals surface area (Å²) >= 11 is 2.99. The number of rotatable bonds is 8. The Bertz CT molecular complexity index is 1150. The molecule has 4 rings (SSSR count). The van der Waals surface area contributed by atoms with Crippen molar-refractivity contribution >= 4 is 44.7 Å². The number of nitrogens with one attached hydrogen (secondary N) is 1. The zero-order valence-corrected chi connectivity index (χ0v) is 20.2. The lowest BCUT2D eigenvalue weighted by Crippen LogP contribution is -2.35. The van der Waals surface area contributed by atoms with Crippen LogP contribution in [-0.2, 0) is 28.3 Å². The summed E-state index contributed by atoms with van der Waals surface area (Å²) in [6, 6.07) is 10.4. The lowest BCUT2D eigenvalue weighted by atomic mass is 10.2. The smallest absolute Gasteiger partial charge is 0.243 e. The van der Waals surface area contributed by atoms with Gasteiger partial charge >= 0.3 is 0 Å². The van der Waals surface area contributed by atoms with E-state index in [1.807, 2.05) is 23.1 Å². The molecule has 0 spiro atoms. The van der Waals surface area contributed by atoms with Crippen LogP contribution in [0.3, 0.4) is 0 Å². The van der Waals surface area contributed by atoms with Crippen molar-refractivity contribution in [3.05, 3.63) is 52.5 Å². The van der Waals surface area contributed by atoms with E-state index in [0.717, 1.165) is 25.1 Å². The van der Waals surface area contributed by atoms with Crippen LogP contribution in [0.1, 0.15) is 30.0 Å². The van der Waals surface area contributed by atoms with Gasteiger partial charge < -0.3 is 9.88 Å². The number of thiophene rings is 1. The molecule has 170 valence electrons. The molecule has 3 aromatic rings. The second-order valence-corrected chi connectivity index (χ2v) is 11.5. The van der Waals surface area contributed by atoms with E-state index in [9.17, 15) is 13.2 Å². The normalized spacial score (nSPS) is 15.0. The average molecular weight is 492 g/mol. The van der Waals surface area contributed by atoms with Gasteiger partial charge in [-0.2, -0.15) is 4.31 Å². The van der Waals surface area contributed by atoms with Crippen LogP contribution < -0.4 is 5.32 Å². The van der Waals surface area contributed by atoms with Gasteiger partial charge in [0.1, 0.15) is 5.82 Å². The van der Waals surface area contributed by atoms with Crippen molar-refractivity contribution in [2.45, 2.75) is 35.7 Å². The molecular weight excluding hydrogens is 466 g/mol. The zero-order valence-electron chi connectivity index (χ0n) is 17.7. The van der Waals surface area contributed by atoms with Gasteiger partial charge in [0.25, 0.3) is 0 Å². The van der Waals surface area contributed by atoms with E-state index in [1.165, 1.54) is 20.9 Å². The van der Waals surface area contributed by atoms with Crippen molar-refractivity contribution < 1.29 is 13.2 Å². The molecule has 0 radical (unpaired) electrons. The first-order valence-electron chi connectivity index (χ1n) is 10.4. The number of carbonyl (C=O) groups excluding carboxylic acids is 1. The number of sulfonamides is 1. The van der Waals surface area contributed by atoms with E-state index in [1.54, 1.807) is 35.6 Å². The maximum Gasteiger partial charge on any atom is 0.243 e. The number of hydrogen-bond acceptors (Lipinski definition) is 7. The fourth-order valence-electron chi connectivity index (χ4n) is 3.49. The van der Waals surface area contributed by atoms with Crippen LogP contribution in [-0.4, -0.2) is 52.2 Å². The van der Waals surface area contributed by atoms with Crippen LogP contribution in [0.5, 0.6) is 0 Å². The molecule has 0 saturated carbocycles. The number of aromatic nitrogens is 3. The molecule has 11 heteroatoms. The Morgan fingerprint density at radius 2 is 1.88 bits per heavy atom. The van der Waals surface area contributed by atoms with Crippen molar-refractivity contribution in [1.29, 1.82) is 0 Å². The molecule has 0 atom stereocenters. The number of anilines is 1. The summed E-state index contributed by atoms with van der Waals surface area (Å²) in [7, 11) is -1.58. The van der Waals surface area contributed by atoms with Crippen LogP contribution in [0.15, 0.2) is 51.8 Å². The minimum Gasteiger partial charge on any atom is -0.325 e. The topological polar surface area (TPSA) is 97.2 Å². The van der Waals surface area contributed by atoms with E-state index in [0.29, 0.717) is 30.4 Å². The fraction of sp³-hybridized carbons (Fsp3) is 0.381. The third-order valence-electron chi connectivity index (χ3n) is 5.26. The molecule has 2 aromatic heterocycles. The maximum atomic E-state index is 12.7. The third kappa shape index (κ3) is 5.40. The van der Waals surface area contributed by atoms with Crippen LogP contribution in [0.4, 0.5) is 5.69 Å². The highest BCUT2D eigenvalue weighted by atomic mass is 32.2. The maximum absolute atomic E-state index is 12.7. The number of piperidine rings is 1. The lowest BCUT2D eigenvalue weighted by molar-refractivity contribution is -0.113. The van der Waals surface area contributed by atoms with Crippen molar-refractivity contribution in [3.63, 3.8) is 0 Å². The highest BCUT2D eigenvalue weighted by Crippen LogP contribution is 2.23. The summed E-state index contributed by atoms with van der Waals surface area (Å²) in [5.41, 5.74) is 0.560. The van der Waals surface area contributed by atoms with Gasteiger partial charge in [0.2, 0.25) is 15.9 Å². The largest absolute Gasteiger partial charge is 0.325 e. The minimum atomic E-state index is -3.48. The SMILES string of the molecule is Cn1c(Cc2cccs2)nnc1SCC(=O)Nc1ccc(S(=O)(=O)N2CCCCC2)cc1. The quantitative estimate of drug-likeness (QED) is 0.485. The van der Waals surface area contributed by atoms with Crippen molar-refractivity contribution in [1.82, 2.24) is 19.1 Å². The first-order chi connectivity index (χ1) is 15.4. The molecule has 3 heterocycles. The first kappa shape index (κ1) is 23.0. The number of amides is 1. The highest BCUT2D eigenvalue weighted by molar-refractivity contribution is 7.99. The van der Waals surface area contributed by atoms with Gasteiger partial charge in [-0.15, -0.1) is 21.5 Å². The number of carbonyl (C=O) groups is 1. The Hall–Kier alpha value is -2.21. The summed E-state index contributed by atoms with van der Waals surface area (Å²) < 4.78 is 28.9. The van der Waals surface area contributed by atoms with Gasteiger partial charge in [-0.25, -0.2) is 8.42 Å². The summed E-state index contributed by atoms with van der Waals surface area (Å²) in [4.78, 5) is 13.8. The van der Waals surface area contributed by atoms with Gasteiger partial charge in [0.15, 0.2) is 5.16 Å². The molecule has 1 amide bonds. The second-order valence-electron chi connectivity index (χ2n) is 7.54. The van der Waals surface area contributed by atoms with Gasteiger partial charge in [-0.05, 0) is 48.6 Å². The summed E-state index contributed by atoms with van der Waals surface area (Å²) in [5.74, 6) is 0.837. The van der Waals surface area contributed by atoms with E-state index >= 15 is 0 Å². The second kappa shape index (κ2) is 10.2. The Kier molecular flexibility index (Phi) is 7.29. The molecule has 0 aliphatic carbocycles. The number of thioether (sulfide) groups is 1. The summed E-state index contributed by atoms with van der Waals surface area (Å²) in [5, 5.41) is 13.9. The predicted molar refractivity (Wildman–Crippen MR) is 127 cm³/mol. The van der Waals surface area contributed by atoms with E-state index in [-0.39, 0.29) is 16.6 Å². The standard InChI is InChI=1S/C21H25N5O3S3/c1-25-19(14-17-6-5-13-30-17)23-24-21(25)31-15-20(27)22-16-7-9-18(10-8-16)32(28,29)26-11-3-2-4-12-26/h5-10,13H,2-4,11-12,14-15H2,1H3,(H,22,27). The molecule has 1 saturated heterocycles. The molecule has 32 heavy (non-hydrogen) atoms. The summed E-state index contributed by atoms with van der Waals surface area (Å²) in [6.07, 6.45) is 3.57. The van der Waals surface area contributed by atoms with E-state index in [4.69, 9.17) is 0 Å². The lowest BCUT2D eigenvalue weighted by Gasteiger charge is -2.25. The van der Waals surface area contributed by atoms with Gasteiger partial charge in [0.05, 0.1) is 10.6 Å². The molecule has 8 nitrogen and oxygen atoms in total. The van der Waals surface area contributed by atoms with Crippen LogP contribution in [0.2, 0.25) is 0 Å². The first-order valence-corrected chi connectivity index (χ1v) is 13.7. The Morgan fingerprint density at radius 1 is 1.12 bits per heavy atom. The molecule has 1 aliphatic heterocycles. The molecule has 1 aliphatic rings. The Labute approximate surface area is 196 Å². The monoisotopic (exact) mass is 491 g/mol. The third-order valence-corrected chi connectivity index (χ3v) is 9.07. The van der Waals surface area contributed by atoms with Gasteiger partial charge in [-0.1, -0.05) is 24.2 Å². The molecule has 0 bridgehead atoms. The van der Waals surface area contributed by atoms with Crippen molar-refractivity contribution in [2.24, 2.45) is 7.05 Å². The van der Waals surface area contributed by atoms with Crippen molar-refractivity contribution in [3.8, 4) is 0 Å².